The maximum absolute atomic E-state index is 14.0. The monoisotopic (exact) mass is 463 g/mol. The number of aromatic nitrogens is 6. The Bertz CT molecular complexity index is 1500. The average Bonchev–Trinajstić information content (AvgIpc) is 3.59. The van der Waals surface area contributed by atoms with Gasteiger partial charge in [0.1, 0.15) is 23.0 Å². The summed E-state index contributed by atoms with van der Waals surface area (Å²) < 4.78 is 31.1. The van der Waals surface area contributed by atoms with Gasteiger partial charge < -0.3 is 5.32 Å². The highest BCUT2D eigenvalue weighted by atomic mass is 32.1. The second-order valence-electron chi connectivity index (χ2n) is 8.58. The van der Waals surface area contributed by atoms with Gasteiger partial charge in [0.15, 0.2) is 11.5 Å². The first-order valence-corrected chi connectivity index (χ1v) is 11.8. The normalized spacial score (nSPS) is 19.8. The van der Waals surface area contributed by atoms with Crippen LogP contribution in [0, 0.1) is 0 Å². The van der Waals surface area contributed by atoms with Crippen LogP contribution in [-0.4, -0.2) is 35.8 Å². The third-order valence-electron chi connectivity index (χ3n) is 6.67. The van der Waals surface area contributed by atoms with Gasteiger partial charge in [0, 0.05) is 4.88 Å². The third-order valence-corrected chi connectivity index (χ3v) is 7.87. The van der Waals surface area contributed by atoms with Gasteiger partial charge in [0.2, 0.25) is 0 Å². The first-order valence-electron chi connectivity index (χ1n) is 11.0. The van der Waals surface area contributed by atoms with Crippen molar-refractivity contribution in [1.82, 2.24) is 29.4 Å². The summed E-state index contributed by atoms with van der Waals surface area (Å²) in [5.41, 5.74) is 3.66. The second-order valence-corrected chi connectivity index (χ2v) is 9.67. The first-order chi connectivity index (χ1) is 16.2. The SMILES string of the molecule is FC(F)[C@H]1C[C@H](c2ccccc2)Nc2c(-c3nc4c5c6c(sc5ncn4n3)CCC6)cnn21. The highest BCUT2D eigenvalue weighted by Gasteiger charge is 2.36. The number of nitrogens with zero attached hydrogens (tertiary/aromatic N) is 6. The highest BCUT2D eigenvalue weighted by Crippen LogP contribution is 2.42. The summed E-state index contributed by atoms with van der Waals surface area (Å²) in [7, 11) is 0. The highest BCUT2D eigenvalue weighted by molar-refractivity contribution is 7.19. The van der Waals surface area contributed by atoms with Crippen molar-refractivity contribution in [2.45, 2.75) is 44.2 Å². The number of hydrogen-bond acceptors (Lipinski definition) is 6. The van der Waals surface area contributed by atoms with Crippen molar-refractivity contribution in [1.29, 1.82) is 0 Å². The first kappa shape index (κ1) is 19.1. The van der Waals surface area contributed by atoms with Crippen LogP contribution in [0.1, 0.15) is 40.9 Å². The lowest BCUT2D eigenvalue weighted by atomic mass is 9.97. The molecular weight excluding hydrogens is 444 g/mol. The van der Waals surface area contributed by atoms with Gasteiger partial charge in [-0.2, -0.15) is 5.10 Å². The molecule has 166 valence electrons. The van der Waals surface area contributed by atoms with E-state index < -0.39 is 12.5 Å². The molecule has 0 amide bonds. The third kappa shape index (κ3) is 2.83. The van der Waals surface area contributed by atoms with Crippen LogP contribution in [0.25, 0.3) is 27.3 Å². The Morgan fingerprint density at radius 1 is 1.15 bits per heavy atom. The maximum atomic E-state index is 14.0. The molecule has 0 saturated carbocycles. The van der Waals surface area contributed by atoms with Crippen molar-refractivity contribution >= 4 is 33.0 Å². The van der Waals surface area contributed by atoms with Crippen molar-refractivity contribution in [3.63, 3.8) is 0 Å². The van der Waals surface area contributed by atoms with Crippen molar-refractivity contribution in [3.8, 4) is 11.4 Å². The molecule has 1 aromatic carbocycles. The lowest BCUT2D eigenvalue weighted by Gasteiger charge is -2.32. The summed E-state index contributed by atoms with van der Waals surface area (Å²) in [5, 5.41) is 13.5. The van der Waals surface area contributed by atoms with Gasteiger partial charge in [-0.3, -0.25) is 0 Å². The Kier molecular flexibility index (Phi) is 4.08. The van der Waals surface area contributed by atoms with Gasteiger partial charge in [0.05, 0.1) is 23.2 Å². The second kappa shape index (κ2) is 7.05. The molecule has 0 fully saturated rings. The van der Waals surface area contributed by atoms with Crippen LogP contribution in [-0.2, 0) is 12.8 Å². The van der Waals surface area contributed by atoms with Crippen LogP contribution < -0.4 is 5.32 Å². The molecule has 1 N–H and O–H groups in total. The Morgan fingerprint density at radius 2 is 2.03 bits per heavy atom. The van der Waals surface area contributed by atoms with E-state index in [2.05, 4.69) is 20.5 Å². The minimum absolute atomic E-state index is 0.250. The summed E-state index contributed by atoms with van der Waals surface area (Å²) in [4.78, 5) is 11.8. The van der Waals surface area contributed by atoms with Crippen LogP contribution in [0.3, 0.4) is 0 Å². The zero-order valence-corrected chi connectivity index (χ0v) is 18.3. The fourth-order valence-electron chi connectivity index (χ4n) is 5.11. The van der Waals surface area contributed by atoms with E-state index >= 15 is 0 Å². The molecule has 0 spiro atoms. The average molecular weight is 464 g/mol. The summed E-state index contributed by atoms with van der Waals surface area (Å²) in [6.45, 7) is 0. The zero-order valence-electron chi connectivity index (χ0n) is 17.4. The van der Waals surface area contributed by atoms with Crippen molar-refractivity contribution < 1.29 is 8.78 Å². The van der Waals surface area contributed by atoms with Gasteiger partial charge in [0.25, 0.3) is 6.43 Å². The number of benzene rings is 1. The van der Waals surface area contributed by atoms with Crippen molar-refractivity contribution in [2.75, 3.05) is 5.32 Å². The molecule has 2 atom stereocenters. The maximum Gasteiger partial charge on any atom is 0.260 e. The van der Waals surface area contributed by atoms with Crippen LogP contribution >= 0.6 is 11.3 Å². The number of thiophene rings is 1. The minimum atomic E-state index is -2.53. The minimum Gasteiger partial charge on any atom is -0.363 e. The molecule has 2 aliphatic rings. The number of aryl methyl sites for hydroxylation is 2. The van der Waals surface area contributed by atoms with Gasteiger partial charge in [-0.05, 0) is 36.8 Å². The molecule has 1 aliphatic carbocycles. The van der Waals surface area contributed by atoms with Crippen LogP contribution in [0.4, 0.5) is 14.6 Å². The van der Waals surface area contributed by atoms with E-state index in [4.69, 9.17) is 4.98 Å². The quantitative estimate of drug-likeness (QED) is 0.405. The molecule has 4 aromatic heterocycles. The van der Waals surface area contributed by atoms with Crippen LogP contribution in [0.2, 0.25) is 0 Å². The molecule has 7 rings (SSSR count). The van der Waals surface area contributed by atoms with Crippen molar-refractivity contribution in [2.24, 2.45) is 0 Å². The topological polar surface area (TPSA) is 72.9 Å². The van der Waals surface area contributed by atoms with E-state index in [1.165, 1.54) is 15.1 Å². The molecule has 0 saturated heterocycles. The number of anilines is 1. The number of hydrogen-bond donors (Lipinski definition) is 1. The molecular formula is C23H19F2N7S. The Morgan fingerprint density at radius 3 is 2.88 bits per heavy atom. The van der Waals surface area contributed by atoms with E-state index in [-0.39, 0.29) is 12.5 Å². The molecule has 5 heterocycles. The summed E-state index contributed by atoms with van der Waals surface area (Å²) in [5.74, 6) is 0.980. The van der Waals surface area contributed by atoms with Gasteiger partial charge in [-0.15, -0.1) is 16.4 Å². The van der Waals surface area contributed by atoms with E-state index in [0.29, 0.717) is 17.2 Å². The molecule has 33 heavy (non-hydrogen) atoms. The molecule has 0 unspecified atom stereocenters. The number of fused-ring (bicyclic) bond motifs is 6. The van der Waals surface area contributed by atoms with E-state index in [9.17, 15) is 8.78 Å². The Labute approximate surface area is 191 Å². The van der Waals surface area contributed by atoms with Crippen molar-refractivity contribution in [3.05, 3.63) is 58.9 Å². The molecule has 7 nitrogen and oxygen atoms in total. The fourth-order valence-corrected chi connectivity index (χ4v) is 6.33. The summed E-state index contributed by atoms with van der Waals surface area (Å²) >= 11 is 1.73. The number of nitrogens with one attached hydrogen (secondary N) is 1. The van der Waals surface area contributed by atoms with Crippen LogP contribution in [0.15, 0.2) is 42.9 Å². The molecule has 1 aliphatic heterocycles. The lowest BCUT2D eigenvalue weighted by molar-refractivity contribution is 0.0659. The predicted molar refractivity (Wildman–Crippen MR) is 122 cm³/mol. The van der Waals surface area contributed by atoms with E-state index in [1.54, 1.807) is 28.4 Å². The van der Waals surface area contributed by atoms with E-state index in [0.717, 1.165) is 40.7 Å². The smallest absolute Gasteiger partial charge is 0.260 e. The Balaban J connectivity index is 1.37. The summed E-state index contributed by atoms with van der Waals surface area (Å²) in [6, 6.07) is 8.39. The molecule has 10 heteroatoms. The van der Waals surface area contributed by atoms with Gasteiger partial charge >= 0.3 is 0 Å². The standard InChI is InChI=1S/C23H19F2N7S/c24-19(25)16-9-15(12-5-2-1-3-6-12)28-21-14(10-27-32(16)21)20-29-22-18-13-7-4-8-17(13)33-23(18)26-11-31(22)30-20/h1-3,5-6,10-11,15-16,19,28H,4,7-9H2/t15-,16-/m1/s1. The molecule has 5 aromatic rings. The number of rotatable bonds is 3. The zero-order chi connectivity index (χ0) is 22.1. The van der Waals surface area contributed by atoms with Gasteiger partial charge in [-0.25, -0.2) is 27.9 Å². The molecule has 0 radical (unpaired) electrons. The Hall–Kier alpha value is -3.40. The largest absolute Gasteiger partial charge is 0.363 e. The fraction of sp³-hybridized carbons (Fsp3) is 0.304. The van der Waals surface area contributed by atoms with Gasteiger partial charge in [-0.1, -0.05) is 30.3 Å². The van der Waals surface area contributed by atoms with Crippen LogP contribution in [0.5, 0.6) is 0 Å². The van der Waals surface area contributed by atoms with E-state index in [1.807, 2.05) is 30.3 Å². The summed E-state index contributed by atoms with van der Waals surface area (Å²) in [6.07, 6.45) is 4.24. The molecule has 0 bridgehead atoms. The lowest BCUT2D eigenvalue weighted by Crippen LogP contribution is -2.31. The number of halogens is 2. The number of alkyl halides is 2. The predicted octanol–water partition coefficient (Wildman–Crippen LogP) is 5.05.